The Morgan fingerprint density at radius 2 is 1.57 bits per heavy atom. The van der Waals surface area contributed by atoms with Gasteiger partial charge in [-0.25, -0.2) is 15.0 Å². The molecule has 1 fully saturated rings. The summed E-state index contributed by atoms with van der Waals surface area (Å²) in [6.07, 6.45) is 6.08. The highest BCUT2D eigenvalue weighted by Gasteiger charge is 2.31. The summed E-state index contributed by atoms with van der Waals surface area (Å²) in [5, 5.41) is 1.21. The molecule has 3 aromatic rings. The van der Waals surface area contributed by atoms with E-state index in [1.807, 2.05) is 18.5 Å². The van der Waals surface area contributed by atoms with Gasteiger partial charge in [0, 0.05) is 40.2 Å². The predicted octanol–water partition coefficient (Wildman–Crippen LogP) is 8.73. The van der Waals surface area contributed by atoms with Crippen molar-refractivity contribution in [1.82, 2.24) is 19.9 Å². The molecule has 238 valence electrons. The van der Waals surface area contributed by atoms with Crippen LogP contribution in [0.25, 0.3) is 10.4 Å². The number of likely N-dealkylation sites (tertiary alicyclic amines) is 1. The number of aromatic nitrogens is 3. The lowest BCUT2D eigenvalue weighted by Gasteiger charge is -2.40. The zero-order valence-corrected chi connectivity index (χ0v) is 29.9. The number of piperidine rings is 1. The van der Waals surface area contributed by atoms with E-state index in [4.69, 9.17) is 20.4 Å². The zero-order chi connectivity index (χ0) is 32.7. The van der Waals surface area contributed by atoms with Crippen LogP contribution in [0.3, 0.4) is 0 Å². The summed E-state index contributed by atoms with van der Waals surface area (Å²) in [5.41, 5.74) is 11.2. The number of thiazole rings is 1. The molecule has 2 N–H and O–H groups in total. The fourth-order valence-electron chi connectivity index (χ4n) is 5.67. The zero-order valence-electron chi connectivity index (χ0n) is 29.1. The molecule has 3 aromatic heterocycles. The molecule has 44 heavy (non-hydrogen) atoms. The molecule has 0 unspecified atom stereocenters. The molecule has 0 saturated carbocycles. The Kier molecular flexibility index (Phi) is 9.60. The van der Waals surface area contributed by atoms with Crippen LogP contribution in [0.2, 0.25) is 0 Å². The molecule has 0 atom stereocenters. The number of nitrogen functional groups attached to an aromatic ring is 1. The average molecular weight is 616 g/mol. The van der Waals surface area contributed by atoms with Crippen molar-refractivity contribution in [1.29, 1.82) is 0 Å². The molecule has 1 saturated heterocycles. The van der Waals surface area contributed by atoms with Crippen LogP contribution in [0.15, 0.2) is 24.5 Å². The van der Waals surface area contributed by atoms with E-state index >= 15 is 0 Å². The lowest BCUT2D eigenvalue weighted by atomic mass is 9.76. The Morgan fingerprint density at radius 3 is 2.14 bits per heavy atom. The second-order valence-corrected chi connectivity index (χ2v) is 17.3. The summed E-state index contributed by atoms with van der Waals surface area (Å²) in [7, 11) is 0. The van der Waals surface area contributed by atoms with Gasteiger partial charge in [-0.1, -0.05) is 47.5 Å². The van der Waals surface area contributed by atoms with Gasteiger partial charge in [0.25, 0.3) is 0 Å². The average Bonchev–Trinajstić information content (AvgIpc) is 3.39. The first-order valence-electron chi connectivity index (χ1n) is 15.9. The Morgan fingerprint density at radius 1 is 0.909 bits per heavy atom. The Labute approximate surface area is 270 Å². The van der Waals surface area contributed by atoms with Crippen LogP contribution in [0, 0.1) is 17.3 Å². The van der Waals surface area contributed by atoms with E-state index in [0.29, 0.717) is 24.1 Å². The number of hydrogen-bond acceptors (Lipinski definition) is 7. The molecule has 0 bridgehead atoms. The van der Waals surface area contributed by atoms with Crippen molar-refractivity contribution in [3.8, 4) is 28.0 Å². The number of hydrogen-bond donors (Lipinski definition) is 1. The van der Waals surface area contributed by atoms with Gasteiger partial charge in [-0.2, -0.15) is 0 Å². The van der Waals surface area contributed by atoms with Gasteiger partial charge in [-0.05, 0) is 102 Å². The van der Waals surface area contributed by atoms with Crippen LogP contribution in [0.1, 0.15) is 129 Å². The second kappa shape index (κ2) is 12.4. The molecule has 7 heteroatoms. The minimum atomic E-state index is -0.162. The largest absolute Gasteiger partial charge is 0.485 e. The van der Waals surface area contributed by atoms with E-state index in [-0.39, 0.29) is 21.8 Å². The first kappa shape index (κ1) is 33.9. The summed E-state index contributed by atoms with van der Waals surface area (Å²) < 4.78 is 6.47. The Hall–Kier alpha value is -2.95. The van der Waals surface area contributed by atoms with Crippen LogP contribution in [0.4, 0.5) is 5.82 Å². The third-order valence-corrected chi connectivity index (χ3v) is 9.20. The fourth-order valence-corrected chi connectivity index (χ4v) is 6.74. The van der Waals surface area contributed by atoms with E-state index in [1.165, 1.54) is 10.6 Å². The van der Waals surface area contributed by atoms with Crippen LogP contribution in [-0.4, -0.2) is 38.5 Å². The molecule has 6 nitrogen and oxygen atoms in total. The summed E-state index contributed by atoms with van der Waals surface area (Å²) in [4.78, 5) is 18.1. The summed E-state index contributed by atoms with van der Waals surface area (Å²) in [6, 6.07) is 4.09. The molecule has 1 aliphatic heterocycles. The molecular weight excluding hydrogens is 563 g/mol. The first-order chi connectivity index (χ1) is 20.2. The van der Waals surface area contributed by atoms with Crippen molar-refractivity contribution >= 4 is 17.2 Å². The molecule has 0 spiro atoms. The van der Waals surface area contributed by atoms with Gasteiger partial charge in [-0.15, -0.1) is 11.3 Å². The molecule has 0 radical (unpaired) electrons. The maximum Gasteiger partial charge on any atom is 0.166 e. The lowest BCUT2D eigenvalue weighted by Crippen LogP contribution is -2.45. The maximum atomic E-state index is 6.47. The molecule has 0 aromatic carbocycles. The van der Waals surface area contributed by atoms with Gasteiger partial charge in [0.05, 0.1) is 15.6 Å². The third-order valence-electron chi connectivity index (χ3n) is 7.99. The van der Waals surface area contributed by atoms with Crippen LogP contribution >= 0.6 is 11.3 Å². The van der Waals surface area contributed by atoms with Gasteiger partial charge >= 0.3 is 0 Å². The van der Waals surface area contributed by atoms with Crippen molar-refractivity contribution in [3.05, 3.63) is 52.0 Å². The lowest BCUT2D eigenvalue weighted by molar-refractivity contribution is 0.102. The summed E-state index contributed by atoms with van der Waals surface area (Å²) in [6.45, 7) is 29.1. The Balaban J connectivity index is 1.62. The first-order valence-corrected chi connectivity index (χ1v) is 16.7. The topological polar surface area (TPSA) is 77.2 Å². The monoisotopic (exact) mass is 615 g/mol. The molecule has 1 aliphatic rings. The van der Waals surface area contributed by atoms with E-state index in [1.54, 1.807) is 11.3 Å². The number of pyridine rings is 2. The second-order valence-electron chi connectivity index (χ2n) is 16.3. The number of nitrogens with zero attached hydrogens (tertiary/aromatic N) is 4. The van der Waals surface area contributed by atoms with Crippen LogP contribution in [0.5, 0.6) is 5.75 Å². The predicted molar refractivity (Wildman–Crippen MR) is 185 cm³/mol. The summed E-state index contributed by atoms with van der Waals surface area (Å²) in [5.74, 6) is 8.14. The van der Waals surface area contributed by atoms with Crippen molar-refractivity contribution in [3.63, 3.8) is 0 Å². The van der Waals surface area contributed by atoms with Crippen molar-refractivity contribution in [2.45, 2.75) is 125 Å². The summed E-state index contributed by atoms with van der Waals surface area (Å²) >= 11 is 1.76. The van der Waals surface area contributed by atoms with Crippen molar-refractivity contribution in [2.75, 3.05) is 18.8 Å². The van der Waals surface area contributed by atoms with Crippen molar-refractivity contribution < 1.29 is 4.74 Å². The minimum Gasteiger partial charge on any atom is -0.485 e. The Bertz CT molecular complexity index is 1530. The number of rotatable bonds is 5. The molecular formula is C37H53N5OS. The SMILES string of the molecule is CC(C)(C)C#Cc1cc(COc2cc(-c3cnc(C4CCN(C(C)(C)C)CC4)s3)cnc2N)c(C(C)(C)C)c(C(C)(C)C)n1. The third kappa shape index (κ3) is 8.40. The quantitative estimate of drug-likeness (QED) is 0.289. The van der Waals surface area contributed by atoms with E-state index in [0.717, 1.165) is 53.3 Å². The highest BCUT2D eigenvalue weighted by molar-refractivity contribution is 7.15. The minimum absolute atomic E-state index is 0.121. The number of nitrogens with two attached hydrogens (primary N) is 1. The van der Waals surface area contributed by atoms with Gasteiger partial charge in [0.2, 0.25) is 0 Å². The van der Waals surface area contributed by atoms with Crippen LogP contribution < -0.4 is 10.5 Å². The maximum absolute atomic E-state index is 6.47. The standard InChI is InChI=1S/C37H53N5OS/c1-34(2,3)16-13-27-19-26(30(35(4,5)6)31(41-27)36(7,8)9)23-43-28-20-25(21-39-32(28)38)29-22-40-33(44-29)24-14-17-42(18-15-24)37(10,11)12/h19-22,24H,14-15,17-18,23H2,1-12H3,(H2,38,39). The smallest absolute Gasteiger partial charge is 0.166 e. The highest BCUT2D eigenvalue weighted by Crippen LogP contribution is 2.39. The van der Waals surface area contributed by atoms with Crippen LogP contribution in [-0.2, 0) is 17.4 Å². The molecule has 4 heterocycles. The van der Waals surface area contributed by atoms with Crippen molar-refractivity contribution in [2.24, 2.45) is 5.41 Å². The molecule has 0 amide bonds. The van der Waals surface area contributed by atoms with E-state index < -0.39 is 0 Å². The van der Waals surface area contributed by atoms with Gasteiger partial charge in [-0.3, -0.25) is 4.90 Å². The normalized spacial score (nSPS) is 15.6. The van der Waals surface area contributed by atoms with E-state index in [9.17, 15) is 0 Å². The van der Waals surface area contributed by atoms with E-state index in [2.05, 4.69) is 111 Å². The molecule has 0 aliphatic carbocycles. The van der Waals surface area contributed by atoms with Gasteiger partial charge in [0.15, 0.2) is 11.6 Å². The number of ether oxygens (including phenoxy) is 1. The molecule has 4 rings (SSSR count). The van der Waals surface area contributed by atoms with Gasteiger partial charge in [0.1, 0.15) is 12.3 Å². The fraction of sp³-hybridized carbons (Fsp3) is 0.595. The van der Waals surface area contributed by atoms with Gasteiger partial charge < -0.3 is 10.5 Å². The highest BCUT2D eigenvalue weighted by atomic mass is 32.1. The number of anilines is 1.